The molecule has 0 bridgehead atoms. The van der Waals surface area contributed by atoms with Crippen molar-refractivity contribution in [1.82, 2.24) is 0 Å². The number of nitrogens with zero attached hydrogens (tertiary/aromatic N) is 1. The monoisotopic (exact) mass is 391 g/mol. The van der Waals surface area contributed by atoms with Gasteiger partial charge in [-0.2, -0.15) is 0 Å². The average molecular weight is 391 g/mol. The minimum Gasteiger partial charge on any atom is -0.450 e. The van der Waals surface area contributed by atoms with E-state index in [1.807, 2.05) is 13.8 Å². The summed E-state index contributed by atoms with van der Waals surface area (Å²) >= 11 is 0. The van der Waals surface area contributed by atoms with E-state index in [4.69, 9.17) is 18.9 Å². The summed E-state index contributed by atoms with van der Waals surface area (Å²) in [5.74, 6) is -0.336. The number of fused-ring (bicyclic) bond motifs is 1. The van der Waals surface area contributed by atoms with Crippen LogP contribution in [0.1, 0.15) is 20.8 Å². The Hall–Kier alpha value is -0.850. The van der Waals surface area contributed by atoms with Gasteiger partial charge in [0.15, 0.2) is 12.2 Å². The predicted octanol–water partition coefficient (Wildman–Crippen LogP) is -2.02. The Labute approximate surface area is 157 Å². The van der Waals surface area contributed by atoms with Gasteiger partial charge in [0.05, 0.1) is 19.3 Å². The first kappa shape index (κ1) is 20.9. The van der Waals surface area contributed by atoms with Crippen LogP contribution >= 0.6 is 0 Å². The van der Waals surface area contributed by atoms with Crippen LogP contribution in [0.5, 0.6) is 0 Å². The molecule has 0 aromatic heterocycles. The van der Waals surface area contributed by atoms with Crippen LogP contribution in [0.15, 0.2) is 4.99 Å². The van der Waals surface area contributed by atoms with Crippen LogP contribution in [0.3, 0.4) is 0 Å². The Balaban J connectivity index is 1.82. The van der Waals surface area contributed by atoms with E-state index in [1.54, 1.807) is 6.92 Å². The minimum absolute atomic E-state index is 0.105. The molecule has 3 aliphatic heterocycles. The maximum absolute atomic E-state index is 10.7. The van der Waals surface area contributed by atoms with Gasteiger partial charge in [-0.15, -0.1) is 0 Å². The van der Waals surface area contributed by atoms with E-state index in [0.717, 1.165) is 0 Å². The van der Waals surface area contributed by atoms with Crippen molar-refractivity contribution in [2.24, 2.45) is 16.8 Å². The minimum atomic E-state index is -1.23. The lowest BCUT2D eigenvalue weighted by Gasteiger charge is -2.47. The summed E-state index contributed by atoms with van der Waals surface area (Å²) in [6.07, 6.45) is -8.35. The van der Waals surface area contributed by atoms with Crippen molar-refractivity contribution in [3.8, 4) is 0 Å². The van der Waals surface area contributed by atoms with Crippen molar-refractivity contribution in [1.29, 1.82) is 0 Å². The first-order chi connectivity index (χ1) is 12.8. The van der Waals surface area contributed by atoms with Gasteiger partial charge in [-0.05, 0) is 5.92 Å². The molecule has 0 radical (unpaired) electrons. The zero-order chi connectivity index (χ0) is 19.9. The van der Waals surface area contributed by atoms with E-state index >= 15 is 0 Å². The van der Waals surface area contributed by atoms with E-state index < -0.39 is 74.4 Å². The van der Waals surface area contributed by atoms with Crippen LogP contribution in [-0.4, -0.2) is 99.9 Å². The molecule has 2 saturated heterocycles. The quantitative estimate of drug-likeness (QED) is 0.358. The van der Waals surface area contributed by atoms with Crippen molar-refractivity contribution in [2.45, 2.75) is 76.0 Å². The number of rotatable bonds is 5. The number of hydrogen-bond acceptors (Lipinski definition) is 10. The molecule has 10 heteroatoms. The summed E-state index contributed by atoms with van der Waals surface area (Å²) in [7, 11) is 0. The third-order valence-electron chi connectivity index (χ3n) is 5.44. The first-order valence-electron chi connectivity index (χ1n) is 9.21. The summed E-state index contributed by atoms with van der Waals surface area (Å²) < 4.78 is 22.4. The fourth-order valence-electron chi connectivity index (χ4n) is 4.03. The molecule has 10 unspecified atom stereocenters. The van der Waals surface area contributed by atoms with Gasteiger partial charge in [-0.25, -0.2) is 4.99 Å². The number of ether oxygens (including phenoxy) is 4. The normalized spacial score (nSPS) is 47.5. The van der Waals surface area contributed by atoms with Gasteiger partial charge in [0.1, 0.15) is 36.6 Å². The Kier molecular flexibility index (Phi) is 6.38. The highest BCUT2D eigenvalue weighted by atomic mass is 16.7. The maximum Gasteiger partial charge on any atom is 0.227 e. The molecule has 0 saturated carbocycles. The summed E-state index contributed by atoms with van der Waals surface area (Å²) in [6, 6.07) is -0.699. The standard InChI is InChI=1S/C17H29NO9/c1-6(2)10-12(21)8(4-19)26-17(14(10)23)27-15-11-16(24-7(3)18-11)25-9(5-20)13(15)22/h6,8-17,19-23H,4-5H2,1-3H3. The van der Waals surface area contributed by atoms with Crippen molar-refractivity contribution < 1.29 is 44.5 Å². The topological polar surface area (TPSA) is 150 Å². The van der Waals surface area contributed by atoms with Crippen LogP contribution in [0.4, 0.5) is 0 Å². The second kappa shape index (κ2) is 8.26. The molecule has 10 nitrogen and oxygen atoms in total. The molecule has 27 heavy (non-hydrogen) atoms. The molecule has 0 spiro atoms. The molecular weight excluding hydrogens is 362 g/mol. The molecule has 3 aliphatic rings. The molecule has 0 amide bonds. The highest BCUT2D eigenvalue weighted by Crippen LogP contribution is 2.36. The van der Waals surface area contributed by atoms with E-state index in [0.29, 0.717) is 5.90 Å². The highest BCUT2D eigenvalue weighted by molar-refractivity contribution is 5.75. The summed E-state index contributed by atoms with van der Waals surface area (Å²) in [5.41, 5.74) is 0. The first-order valence-corrected chi connectivity index (χ1v) is 9.21. The van der Waals surface area contributed by atoms with Gasteiger partial charge in [-0.3, -0.25) is 0 Å². The highest BCUT2D eigenvalue weighted by Gasteiger charge is 2.53. The number of aliphatic hydroxyl groups is 5. The number of aliphatic hydroxyl groups excluding tert-OH is 5. The molecular formula is C17H29NO9. The van der Waals surface area contributed by atoms with Crippen molar-refractivity contribution >= 4 is 5.90 Å². The van der Waals surface area contributed by atoms with Crippen LogP contribution < -0.4 is 0 Å². The van der Waals surface area contributed by atoms with Gasteiger partial charge < -0.3 is 44.5 Å². The van der Waals surface area contributed by atoms with Gasteiger partial charge in [0.2, 0.25) is 6.29 Å². The predicted molar refractivity (Wildman–Crippen MR) is 90.7 cm³/mol. The lowest BCUT2D eigenvalue weighted by Crippen LogP contribution is -2.63. The molecule has 5 N–H and O–H groups in total. The van der Waals surface area contributed by atoms with Crippen LogP contribution in [0, 0.1) is 11.8 Å². The lowest BCUT2D eigenvalue weighted by molar-refractivity contribution is -0.333. The Morgan fingerprint density at radius 1 is 1.00 bits per heavy atom. The molecule has 10 atom stereocenters. The van der Waals surface area contributed by atoms with Crippen molar-refractivity contribution in [3.05, 3.63) is 0 Å². The van der Waals surface area contributed by atoms with Crippen LogP contribution in [0.25, 0.3) is 0 Å². The molecule has 0 aromatic rings. The fraction of sp³-hybridized carbons (Fsp3) is 0.941. The van der Waals surface area contributed by atoms with Crippen molar-refractivity contribution in [2.75, 3.05) is 13.2 Å². The molecule has 156 valence electrons. The largest absolute Gasteiger partial charge is 0.450 e. The van der Waals surface area contributed by atoms with Crippen LogP contribution in [-0.2, 0) is 18.9 Å². The molecule has 2 fully saturated rings. The lowest BCUT2D eigenvalue weighted by atomic mass is 9.80. The SMILES string of the molecule is CC1=NC2C(O1)OC(CO)C(O)C2OC1OC(CO)C(O)C(C(C)C)C1O. The van der Waals surface area contributed by atoms with Gasteiger partial charge in [-0.1, -0.05) is 13.8 Å². The summed E-state index contributed by atoms with van der Waals surface area (Å²) in [5, 5.41) is 50.6. The van der Waals surface area contributed by atoms with E-state index in [9.17, 15) is 25.5 Å². The summed E-state index contributed by atoms with van der Waals surface area (Å²) in [6.45, 7) is 4.42. The Morgan fingerprint density at radius 3 is 2.22 bits per heavy atom. The Morgan fingerprint density at radius 2 is 1.63 bits per heavy atom. The second-order valence-corrected chi connectivity index (χ2v) is 7.60. The van der Waals surface area contributed by atoms with Gasteiger partial charge in [0.25, 0.3) is 0 Å². The maximum atomic E-state index is 10.7. The molecule has 0 aromatic carbocycles. The third kappa shape index (κ3) is 3.85. The Bertz CT molecular complexity index is 544. The molecule has 3 rings (SSSR count). The molecule has 0 aliphatic carbocycles. The van der Waals surface area contributed by atoms with Crippen molar-refractivity contribution in [3.63, 3.8) is 0 Å². The fourth-order valence-corrected chi connectivity index (χ4v) is 4.03. The van der Waals surface area contributed by atoms with E-state index in [-0.39, 0.29) is 5.92 Å². The van der Waals surface area contributed by atoms with Crippen LogP contribution in [0.2, 0.25) is 0 Å². The number of aliphatic imine (C=N–C) groups is 1. The van der Waals surface area contributed by atoms with E-state index in [1.165, 1.54) is 0 Å². The number of hydrogen-bond donors (Lipinski definition) is 5. The second-order valence-electron chi connectivity index (χ2n) is 7.60. The van der Waals surface area contributed by atoms with E-state index in [2.05, 4.69) is 4.99 Å². The smallest absolute Gasteiger partial charge is 0.227 e. The zero-order valence-corrected chi connectivity index (χ0v) is 15.6. The summed E-state index contributed by atoms with van der Waals surface area (Å²) in [4.78, 5) is 4.28. The average Bonchev–Trinajstić information content (AvgIpc) is 2.98. The van der Waals surface area contributed by atoms with Gasteiger partial charge in [0, 0.05) is 12.8 Å². The third-order valence-corrected chi connectivity index (χ3v) is 5.44. The zero-order valence-electron chi connectivity index (χ0n) is 15.6. The van der Waals surface area contributed by atoms with Gasteiger partial charge >= 0.3 is 0 Å². The molecule has 3 heterocycles.